The van der Waals surface area contributed by atoms with E-state index < -0.39 is 19.9 Å². The van der Waals surface area contributed by atoms with Crippen LogP contribution < -0.4 is 21.5 Å². The molecule has 166 valence electrons. The Morgan fingerprint density at radius 2 is 1.33 bits per heavy atom. The number of anilines is 1. The van der Waals surface area contributed by atoms with Gasteiger partial charge in [-0.3, -0.25) is 0 Å². The molecule has 7 nitrogen and oxygen atoms in total. The number of hydrogen-bond acceptors (Lipinski definition) is 7. The van der Waals surface area contributed by atoms with Crippen molar-refractivity contribution in [1.29, 1.82) is 0 Å². The molecule has 0 spiro atoms. The smallest absolute Gasteiger partial charge is 0.423 e. The van der Waals surface area contributed by atoms with Crippen molar-refractivity contribution < 1.29 is 24.5 Å². The third-order valence-corrected chi connectivity index (χ3v) is 5.69. The van der Waals surface area contributed by atoms with E-state index in [0.29, 0.717) is 40.7 Å². The Bertz CT molecular complexity index is 1280. The number of benzene rings is 3. The molecule has 0 radical (unpaired) electrons. The molecule has 0 aliphatic heterocycles. The lowest BCUT2D eigenvalue weighted by molar-refractivity contribution is 0.424. The van der Waals surface area contributed by atoms with Gasteiger partial charge < -0.3 is 29.4 Å². The van der Waals surface area contributed by atoms with Crippen molar-refractivity contribution in [3.8, 4) is 0 Å². The van der Waals surface area contributed by atoms with Crippen LogP contribution in [-0.4, -0.2) is 34.3 Å². The number of fused-ring (bicyclic) bond motifs is 1. The quantitative estimate of drug-likeness (QED) is 0.245. The molecule has 0 aliphatic carbocycles. The molecular weight excluding hydrogens is 420 g/mol. The van der Waals surface area contributed by atoms with Gasteiger partial charge in [-0.15, -0.1) is 0 Å². The van der Waals surface area contributed by atoms with Crippen LogP contribution in [0.4, 0.5) is 5.69 Å². The molecule has 0 unspecified atom stereocenters. The van der Waals surface area contributed by atoms with Crippen LogP contribution in [0.3, 0.4) is 0 Å². The largest absolute Gasteiger partial charge is 0.488 e. The fourth-order valence-electron chi connectivity index (χ4n) is 4.02. The van der Waals surface area contributed by atoms with Crippen LogP contribution in [0.1, 0.15) is 16.7 Å². The van der Waals surface area contributed by atoms with Crippen LogP contribution in [0.2, 0.25) is 0 Å². The van der Waals surface area contributed by atoms with Crippen molar-refractivity contribution in [2.24, 2.45) is 0 Å². The second-order valence-electron chi connectivity index (χ2n) is 7.93. The van der Waals surface area contributed by atoms with E-state index in [9.17, 15) is 24.9 Å². The summed E-state index contributed by atoms with van der Waals surface area (Å²) in [5.74, 6) is 0. The summed E-state index contributed by atoms with van der Waals surface area (Å²) in [6, 6.07) is 21.0. The first-order valence-corrected chi connectivity index (χ1v) is 10.5. The van der Waals surface area contributed by atoms with Crippen LogP contribution >= 0.6 is 0 Å². The molecule has 4 N–H and O–H groups in total. The van der Waals surface area contributed by atoms with Crippen LogP contribution in [0, 0.1) is 6.92 Å². The predicted molar refractivity (Wildman–Crippen MR) is 130 cm³/mol. The summed E-state index contributed by atoms with van der Waals surface area (Å²) < 4.78 is 5.42. The molecule has 3 aromatic carbocycles. The van der Waals surface area contributed by atoms with Gasteiger partial charge in [-0.25, -0.2) is 4.79 Å². The maximum absolute atomic E-state index is 11.9. The molecule has 33 heavy (non-hydrogen) atoms. The van der Waals surface area contributed by atoms with Gasteiger partial charge in [0.2, 0.25) is 0 Å². The van der Waals surface area contributed by atoms with E-state index in [1.165, 1.54) is 6.07 Å². The molecule has 4 aromatic rings. The van der Waals surface area contributed by atoms with E-state index in [4.69, 9.17) is 4.42 Å². The number of rotatable bonds is 7. The predicted octanol–water partition coefficient (Wildman–Crippen LogP) is 0.668. The maximum Gasteiger partial charge on any atom is 0.488 e. The first-order valence-electron chi connectivity index (χ1n) is 10.5. The first kappa shape index (κ1) is 22.8. The van der Waals surface area contributed by atoms with Crippen molar-refractivity contribution in [3.63, 3.8) is 0 Å². The first-order chi connectivity index (χ1) is 15.8. The van der Waals surface area contributed by atoms with Gasteiger partial charge in [-0.2, -0.15) is 0 Å². The highest BCUT2D eigenvalue weighted by molar-refractivity contribution is 6.59. The zero-order chi connectivity index (χ0) is 23.5. The Hall–Kier alpha value is -3.36. The highest BCUT2D eigenvalue weighted by Crippen LogP contribution is 2.26. The van der Waals surface area contributed by atoms with Crippen LogP contribution in [0.15, 0.2) is 82.0 Å². The Morgan fingerprint density at radius 3 is 1.88 bits per heavy atom. The minimum Gasteiger partial charge on any atom is -0.423 e. The molecule has 9 heteroatoms. The summed E-state index contributed by atoms with van der Waals surface area (Å²) >= 11 is 0. The number of aryl methyl sites for hydroxylation is 1. The lowest BCUT2D eigenvalue weighted by Crippen LogP contribution is -2.38. The third-order valence-electron chi connectivity index (χ3n) is 5.69. The molecule has 1 aromatic heterocycles. The van der Waals surface area contributed by atoms with Crippen molar-refractivity contribution in [2.45, 2.75) is 20.0 Å². The highest BCUT2D eigenvalue weighted by atomic mass is 16.4. The Labute approximate surface area is 191 Å². The van der Waals surface area contributed by atoms with Gasteiger partial charge in [-0.05, 0) is 46.7 Å². The molecule has 1 heterocycles. The second kappa shape index (κ2) is 9.64. The van der Waals surface area contributed by atoms with Gasteiger partial charge in [0.1, 0.15) is 5.58 Å². The lowest BCUT2D eigenvalue weighted by atomic mass is 9.76. The molecule has 0 amide bonds. The monoisotopic (exact) mass is 443 g/mol. The van der Waals surface area contributed by atoms with E-state index in [0.717, 1.165) is 16.6 Å². The summed E-state index contributed by atoms with van der Waals surface area (Å²) in [4.78, 5) is 13.9. The van der Waals surface area contributed by atoms with Gasteiger partial charge in [0.05, 0.1) is 0 Å². The summed E-state index contributed by atoms with van der Waals surface area (Å²) in [5.41, 5.74) is 3.67. The fraction of sp³-hybridized carbons (Fsp3) is 0.125. The van der Waals surface area contributed by atoms with E-state index >= 15 is 0 Å². The average molecular weight is 443 g/mol. The second-order valence-corrected chi connectivity index (χ2v) is 7.93. The van der Waals surface area contributed by atoms with Crippen LogP contribution in [0.25, 0.3) is 11.0 Å². The topological polar surface area (TPSA) is 114 Å². The van der Waals surface area contributed by atoms with Gasteiger partial charge in [0.15, 0.2) is 0 Å². The standard InChI is InChI=1S/C24H23B2NO6/c1-16-12-24(28)33-23-13-19(10-11-20(16)23)27(14-17-6-2-4-8-21(17)25(29)30)15-18-7-3-5-9-22(18)26(31)32/h2-13,29-32H,14-15H2,1H3. The van der Waals surface area contributed by atoms with Crippen LogP contribution in [-0.2, 0) is 13.1 Å². The molecule has 4 rings (SSSR count). The van der Waals surface area contributed by atoms with E-state index in [1.807, 2.05) is 36.1 Å². The van der Waals surface area contributed by atoms with Gasteiger partial charge in [-0.1, -0.05) is 48.5 Å². The Morgan fingerprint density at radius 1 is 0.788 bits per heavy atom. The average Bonchev–Trinajstić information content (AvgIpc) is 2.78. The van der Waals surface area contributed by atoms with Crippen LogP contribution in [0.5, 0.6) is 0 Å². The molecule has 0 aliphatic rings. The zero-order valence-electron chi connectivity index (χ0n) is 18.0. The van der Waals surface area contributed by atoms with Crippen molar-refractivity contribution in [2.75, 3.05) is 4.90 Å². The van der Waals surface area contributed by atoms with Gasteiger partial charge in [0.25, 0.3) is 0 Å². The minimum absolute atomic E-state index is 0.297. The highest BCUT2D eigenvalue weighted by Gasteiger charge is 2.21. The Kier molecular flexibility index (Phi) is 6.67. The zero-order valence-corrected chi connectivity index (χ0v) is 18.0. The normalized spacial score (nSPS) is 10.9. The van der Waals surface area contributed by atoms with Crippen molar-refractivity contribution in [3.05, 3.63) is 99.9 Å². The number of hydrogen-bond donors (Lipinski definition) is 4. The fourth-order valence-corrected chi connectivity index (χ4v) is 4.02. The summed E-state index contributed by atoms with van der Waals surface area (Å²) in [6.07, 6.45) is 0. The molecule has 0 saturated heterocycles. The maximum atomic E-state index is 11.9. The number of nitrogens with zero attached hydrogens (tertiary/aromatic N) is 1. The molecule has 0 fully saturated rings. The molecular formula is C24H23B2NO6. The summed E-state index contributed by atoms with van der Waals surface area (Å²) in [5, 5.41) is 40.1. The van der Waals surface area contributed by atoms with E-state index in [-0.39, 0.29) is 0 Å². The van der Waals surface area contributed by atoms with E-state index in [1.54, 1.807) is 42.5 Å². The molecule has 0 saturated carbocycles. The molecule has 0 bridgehead atoms. The van der Waals surface area contributed by atoms with Crippen molar-refractivity contribution in [1.82, 2.24) is 0 Å². The van der Waals surface area contributed by atoms with Gasteiger partial charge >= 0.3 is 19.9 Å². The minimum atomic E-state index is -1.63. The van der Waals surface area contributed by atoms with Crippen molar-refractivity contribution >= 4 is 41.8 Å². The third kappa shape index (κ3) is 5.02. The van der Waals surface area contributed by atoms with Gasteiger partial charge in [0, 0.05) is 36.3 Å². The SMILES string of the molecule is Cc1cc(=O)oc2cc(N(Cc3ccccc3B(O)O)Cc3ccccc3B(O)O)ccc12. The summed E-state index contributed by atoms with van der Waals surface area (Å²) in [6.45, 7) is 2.44. The van der Waals surface area contributed by atoms with E-state index in [2.05, 4.69) is 0 Å². The molecule has 0 atom stereocenters. The Balaban J connectivity index is 1.81. The summed E-state index contributed by atoms with van der Waals surface area (Å²) in [7, 11) is -3.27. The lowest BCUT2D eigenvalue weighted by Gasteiger charge is -2.27.